The Morgan fingerprint density at radius 1 is 0.833 bits per heavy atom. The Bertz CT molecular complexity index is 975. The van der Waals surface area contributed by atoms with Crippen molar-refractivity contribution in [3.05, 3.63) is 95.6 Å². The number of carboxylic acids is 1. The highest BCUT2D eigenvalue weighted by atomic mass is 31.2. The van der Waals surface area contributed by atoms with Crippen molar-refractivity contribution < 1.29 is 32.8 Å². The third-order valence-corrected chi connectivity index (χ3v) is 5.40. The number of hydrogen-bond acceptors (Lipinski definition) is 6. The van der Waals surface area contributed by atoms with Gasteiger partial charge in [-0.3, -0.25) is 9.05 Å². The van der Waals surface area contributed by atoms with E-state index in [4.69, 9.17) is 18.3 Å². The average Bonchev–Trinajstić information content (AvgIpc) is 2.78. The van der Waals surface area contributed by atoms with Crippen LogP contribution in [0, 0.1) is 0 Å². The van der Waals surface area contributed by atoms with Crippen LogP contribution in [0.5, 0.6) is 11.5 Å². The largest absolute Gasteiger partial charge is 0.530 e. The fourth-order valence-electron chi connectivity index (χ4n) is 2.55. The molecule has 3 aromatic rings. The molecule has 8 heteroatoms. The molecule has 0 saturated heterocycles. The van der Waals surface area contributed by atoms with Crippen LogP contribution in [-0.2, 0) is 26.8 Å². The van der Waals surface area contributed by atoms with E-state index < -0.39 is 13.8 Å². The third-order valence-electron chi connectivity index (χ3n) is 4.09. The van der Waals surface area contributed by atoms with Gasteiger partial charge in [-0.05, 0) is 29.3 Å². The Balaban J connectivity index is 1.85. The zero-order valence-electron chi connectivity index (χ0n) is 16.3. The van der Waals surface area contributed by atoms with E-state index in [0.29, 0.717) is 0 Å². The first kappa shape index (κ1) is 21.6. The highest BCUT2D eigenvalue weighted by Gasteiger charge is 2.31. The lowest BCUT2D eigenvalue weighted by Gasteiger charge is -2.20. The zero-order valence-corrected chi connectivity index (χ0v) is 17.2. The molecular formula is C22H21O7P. The number of hydrogen-bond donors (Lipinski definition) is 1. The lowest BCUT2D eigenvalue weighted by molar-refractivity contribution is 0.0696. The van der Waals surface area contributed by atoms with Gasteiger partial charge in [0.1, 0.15) is 0 Å². The first-order valence-corrected chi connectivity index (χ1v) is 10.5. The summed E-state index contributed by atoms with van der Waals surface area (Å²) in [5, 5.41) is 9.25. The van der Waals surface area contributed by atoms with E-state index in [1.54, 1.807) is 0 Å². The molecule has 0 saturated carbocycles. The summed E-state index contributed by atoms with van der Waals surface area (Å²) in [6.45, 7) is -0.0400. The molecule has 156 valence electrons. The maximum atomic E-state index is 13.4. The van der Waals surface area contributed by atoms with Crippen LogP contribution in [-0.4, -0.2) is 18.2 Å². The van der Waals surface area contributed by atoms with Crippen molar-refractivity contribution >= 4 is 13.8 Å². The maximum Gasteiger partial charge on any atom is 0.530 e. The standard InChI is InChI=1S/C22H21O7P/c1-26-20-13-12-19(22(23)24)14-21(20)29-30(25,27-15-17-8-4-2-5-9-17)28-16-18-10-6-3-7-11-18/h2-14H,15-16H2,1H3,(H,23,24). The van der Waals surface area contributed by atoms with Crippen molar-refractivity contribution in [2.24, 2.45) is 0 Å². The molecule has 0 aromatic heterocycles. The number of aromatic carboxylic acids is 1. The summed E-state index contributed by atoms with van der Waals surface area (Å²) in [5.41, 5.74) is 1.50. The molecule has 3 aromatic carbocycles. The number of methoxy groups -OCH3 is 1. The van der Waals surface area contributed by atoms with E-state index >= 15 is 0 Å². The molecular weight excluding hydrogens is 407 g/mol. The first-order valence-electron chi connectivity index (χ1n) is 9.07. The van der Waals surface area contributed by atoms with E-state index in [0.717, 1.165) is 11.1 Å². The summed E-state index contributed by atoms with van der Waals surface area (Å²) in [4.78, 5) is 11.3. The van der Waals surface area contributed by atoms with Crippen LogP contribution >= 0.6 is 7.82 Å². The lowest BCUT2D eigenvalue weighted by atomic mass is 10.2. The van der Waals surface area contributed by atoms with Crippen LogP contribution in [0.2, 0.25) is 0 Å². The Kier molecular flexibility index (Phi) is 7.25. The molecule has 0 spiro atoms. The van der Waals surface area contributed by atoms with Crippen LogP contribution in [0.25, 0.3) is 0 Å². The summed E-state index contributed by atoms with van der Waals surface area (Å²) in [6, 6.07) is 22.3. The fraction of sp³-hybridized carbons (Fsp3) is 0.136. The van der Waals surface area contributed by atoms with E-state index in [9.17, 15) is 14.5 Å². The first-order chi connectivity index (χ1) is 14.5. The minimum absolute atomic E-state index is 0.0200. The van der Waals surface area contributed by atoms with Gasteiger partial charge in [-0.15, -0.1) is 0 Å². The van der Waals surface area contributed by atoms with Gasteiger partial charge in [0.25, 0.3) is 0 Å². The van der Waals surface area contributed by atoms with Gasteiger partial charge in [0.15, 0.2) is 11.5 Å². The molecule has 3 rings (SSSR count). The van der Waals surface area contributed by atoms with Crippen LogP contribution in [0.1, 0.15) is 21.5 Å². The number of phosphoric acid groups is 1. The predicted molar refractivity (Wildman–Crippen MR) is 111 cm³/mol. The van der Waals surface area contributed by atoms with Gasteiger partial charge in [0.2, 0.25) is 0 Å². The predicted octanol–water partition coefficient (Wildman–Crippen LogP) is 5.31. The second-order valence-electron chi connectivity index (χ2n) is 6.23. The monoisotopic (exact) mass is 428 g/mol. The molecule has 1 N–H and O–H groups in total. The summed E-state index contributed by atoms with van der Waals surface area (Å²) in [7, 11) is -2.74. The molecule has 0 amide bonds. The van der Waals surface area contributed by atoms with Gasteiger partial charge < -0.3 is 14.4 Å². The van der Waals surface area contributed by atoms with Crippen LogP contribution < -0.4 is 9.26 Å². The van der Waals surface area contributed by atoms with E-state index in [-0.39, 0.29) is 30.3 Å². The van der Waals surface area contributed by atoms with Crippen molar-refractivity contribution in [1.82, 2.24) is 0 Å². The number of ether oxygens (including phenoxy) is 1. The van der Waals surface area contributed by atoms with Crippen molar-refractivity contribution in [1.29, 1.82) is 0 Å². The van der Waals surface area contributed by atoms with Gasteiger partial charge in [-0.1, -0.05) is 60.7 Å². The van der Waals surface area contributed by atoms with Gasteiger partial charge >= 0.3 is 13.8 Å². The normalized spacial score (nSPS) is 11.1. The summed E-state index contributed by atoms with van der Waals surface area (Å²) >= 11 is 0. The van der Waals surface area contributed by atoms with Gasteiger partial charge in [-0.25, -0.2) is 9.36 Å². The quantitative estimate of drug-likeness (QED) is 0.437. The van der Waals surface area contributed by atoms with Gasteiger partial charge in [0.05, 0.1) is 25.9 Å². The van der Waals surface area contributed by atoms with Crippen LogP contribution in [0.4, 0.5) is 0 Å². The molecule has 0 bridgehead atoms. The Hall–Kier alpha value is -3.12. The molecule has 0 aliphatic carbocycles. The Morgan fingerprint density at radius 2 is 1.37 bits per heavy atom. The second-order valence-corrected chi connectivity index (χ2v) is 7.82. The Labute approximate surface area is 174 Å². The smallest absolute Gasteiger partial charge is 0.493 e. The maximum absolute atomic E-state index is 13.4. The Morgan fingerprint density at radius 3 is 1.83 bits per heavy atom. The highest BCUT2D eigenvalue weighted by molar-refractivity contribution is 7.48. The van der Waals surface area contributed by atoms with Crippen LogP contribution in [0.15, 0.2) is 78.9 Å². The number of carboxylic acid groups (broad SMARTS) is 1. The lowest BCUT2D eigenvalue weighted by Crippen LogP contribution is -2.05. The summed E-state index contributed by atoms with van der Waals surface area (Å²) in [5.74, 6) is -1.01. The van der Waals surface area contributed by atoms with Gasteiger partial charge in [0, 0.05) is 0 Å². The molecule has 0 fully saturated rings. The summed E-state index contributed by atoms with van der Waals surface area (Å²) in [6.07, 6.45) is 0. The average molecular weight is 428 g/mol. The number of carbonyl (C=O) groups is 1. The van der Waals surface area contributed by atoms with E-state index in [2.05, 4.69) is 0 Å². The van der Waals surface area contributed by atoms with E-state index in [1.807, 2.05) is 60.7 Å². The van der Waals surface area contributed by atoms with Crippen molar-refractivity contribution in [3.63, 3.8) is 0 Å². The van der Waals surface area contributed by atoms with Crippen LogP contribution in [0.3, 0.4) is 0 Å². The van der Waals surface area contributed by atoms with E-state index in [1.165, 1.54) is 25.3 Å². The molecule has 0 aliphatic heterocycles. The third kappa shape index (κ3) is 5.94. The van der Waals surface area contributed by atoms with Crippen molar-refractivity contribution in [2.75, 3.05) is 7.11 Å². The molecule has 7 nitrogen and oxygen atoms in total. The molecule has 0 heterocycles. The molecule has 0 radical (unpaired) electrons. The van der Waals surface area contributed by atoms with Crippen molar-refractivity contribution in [3.8, 4) is 11.5 Å². The number of benzene rings is 3. The second kappa shape index (κ2) is 10.1. The minimum Gasteiger partial charge on any atom is -0.493 e. The SMILES string of the molecule is COc1ccc(C(=O)O)cc1OP(=O)(OCc1ccccc1)OCc1ccccc1. The molecule has 0 aliphatic rings. The zero-order chi connectivity index (χ0) is 21.4. The molecule has 0 unspecified atom stereocenters. The summed E-state index contributed by atoms with van der Waals surface area (Å²) < 4.78 is 35.3. The highest BCUT2D eigenvalue weighted by Crippen LogP contribution is 2.52. The molecule has 0 atom stereocenters. The van der Waals surface area contributed by atoms with Gasteiger partial charge in [-0.2, -0.15) is 0 Å². The minimum atomic E-state index is -4.14. The number of phosphoric ester groups is 1. The topological polar surface area (TPSA) is 91.3 Å². The number of rotatable bonds is 10. The fourth-order valence-corrected chi connectivity index (χ4v) is 3.73. The molecule has 30 heavy (non-hydrogen) atoms. The van der Waals surface area contributed by atoms with Crippen molar-refractivity contribution in [2.45, 2.75) is 13.2 Å².